The van der Waals surface area contributed by atoms with Crippen LogP contribution in [0.1, 0.15) is 30.3 Å². The van der Waals surface area contributed by atoms with Gasteiger partial charge in [0.25, 0.3) is 5.56 Å². The number of hydrogen-bond donors (Lipinski definition) is 0. The van der Waals surface area contributed by atoms with Gasteiger partial charge >= 0.3 is 5.69 Å². The van der Waals surface area contributed by atoms with Gasteiger partial charge in [-0.3, -0.25) is 18.8 Å². The molecule has 0 bridgehead atoms. The first-order valence-electron chi connectivity index (χ1n) is 7.82. The van der Waals surface area contributed by atoms with Crippen LogP contribution >= 0.6 is 11.3 Å². The third-order valence-corrected chi connectivity index (χ3v) is 5.85. The van der Waals surface area contributed by atoms with Crippen molar-refractivity contribution >= 4 is 27.6 Å². The van der Waals surface area contributed by atoms with Gasteiger partial charge in [0.1, 0.15) is 4.83 Å². The van der Waals surface area contributed by atoms with Gasteiger partial charge in [-0.2, -0.15) is 0 Å². The standard InChI is InChI=1S/C17H21N3O2S/c1-5-20(6-2)12-10-8-7-9-11-13-15(21)18(3)17(22)19(4)16(13)23-14(11)12/h7-10,12H,5-6H2,1-4H3. The van der Waals surface area contributed by atoms with Crippen molar-refractivity contribution in [1.29, 1.82) is 0 Å². The highest BCUT2D eigenvalue weighted by atomic mass is 32.1. The van der Waals surface area contributed by atoms with Gasteiger partial charge in [-0.15, -0.1) is 11.3 Å². The van der Waals surface area contributed by atoms with Crippen molar-refractivity contribution in [2.45, 2.75) is 19.9 Å². The smallest absolute Gasteiger partial charge is 0.293 e. The second kappa shape index (κ2) is 5.94. The lowest BCUT2D eigenvalue weighted by molar-refractivity contribution is 0.260. The second-order valence-electron chi connectivity index (χ2n) is 5.68. The number of aryl methyl sites for hydroxylation is 1. The summed E-state index contributed by atoms with van der Waals surface area (Å²) in [6, 6.07) is 0.132. The molecule has 1 unspecified atom stereocenters. The van der Waals surface area contributed by atoms with Crippen molar-refractivity contribution < 1.29 is 0 Å². The van der Waals surface area contributed by atoms with E-state index in [0.717, 1.165) is 28.4 Å². The van der Waals surface area contributed by atoms with Gasteiger partial charge in [0, 0.05) is 24.5 Å². The average molecular weight is 331 g/mol. The van der Waals surface area contributed by atoms with Crippen molar-refractivity contribution in [1.82, 2.24) is 14.0 Å². The van der Waals surface area contributed by atoms with E-state index in [9.17, 15) is 9.59 Å². The Bertz CT molecular complexity index is 926. The normalized spacial score (nSPS) is 17.0. The second-order valence-corrected chi connectivity index (χ2v) is 6.71. The third kappa shape index (κ3) is 2.33. The molecule has 0 amide bonds. The molecule has 5 nitrogen and oxygen atoms in total. The Kier molecular flexibility index (Phi) is 4.12. The predicted octanol–water partition coefficient (Wildman–Crippen LogP) is 2.26. The molecular weight excluding hydrogens is 310 g/mol. The Balaban J connectivity index is 2.39. The van der Waals surface area contributed by atoms with Gasteiger partial charge in [0.2, 0.25) is 0 Å². The van der Waals surface area contributed by atoms with Crippen LogP contribution in [0.15, 0.2) is 27.8 Å². The van der Waals surface area contributed by atoms with E-state index in [1.54, 1.807) is 23.0 Å². The molecule has 0 N–H and O–H groups in total. The van der Waals surface area contributed by atoms with Gasteiger partial charge in [-0.25, -0.2) is 4.79 Å². The maximum Gasteiger partial charge on any atom is 0.331 e. The number of aromatic nitrogens is 2. The van der Waals surface area contributed by atoms with Gasteiger partial charge < -0.3 is 0 Å². The molecule has 2 heterocycles. The fourth-order valence-electron chi connectivity index (χ4n) is 3.16. The summed E-state index contributed by atoms with van der Waals surface area (Å²) in [7, 11) is 3.26. The van der Waals surface area contributed by atoms with E-state index in [-0.39, 0.29) is 17.3 Å². The summed E-state index contributed by atoms with van der Waals surface area (Å²) in [6.45, 7) is 6.13. The van der Waals surface area contributed by atoms with E-state index in [2.05, 4.69) is 24.8 Å². The van der Waals surface area contributed by atoms with Gasteiger partial charge in [-0.05, 0) is 13.1 Å². The summed E-state index contributed by atoms with van der Waals surface area (Å²) < 4.78 is 2.76. The minimum absolute atomic E-state index is 0.132. The van der Waals surface area contributed by atoms with Crippen molar-refractivity contribution in [3.63, 3.8) is 0 Å². The molecule has 2 aromatic rings. The van der Waals surface area contributed by atoms with Crippen LogP contribution in [0.2, 0.25) is 0 Å². The number of fused-ring (bicyclic) bond motifs is 3. The van der Waals surface area contributed by atoms with E-state index in [1.165, 1.54) is 11.6 Å². The fraction of sp³-hybridized carbons (Fsp3) is 0.412. The van der Waals surface area contributed by atoms with Crippen LogP contribution < -0.4 is 11.2 Å². The third-order valence-electron chi connectivity index (χ3n) is 4.49. The molecule has 0 saturated heterocycles. The molecule has 0 saturated carbocycles. The average Bonchev–Trinajstić information content (AvgIpc) is 2.82. The number of thiophene rings is 1. The summed E-state index contributed by atoms with van der Waals surface area (Å²) in [5.41, 5.74) is 0.450. The van der Waals surface area contributed by atoms with Crippen molar-refractivity contribution in [3.8, 4) is 0 Å². The van der Waals surface area contributed by atoms with E-state index in [0.29, 0.717) is 5.39 Å². The van der Waals surface area contributed by atoms with Gasteiger partial charge in [0.05, 0.1) is 11.4 Å². The molecule has 0 fully saturated rings. The van der Waals surface area contributed by atoms with E-state index >= 15 is 0 Å². The zero-order valence-corrected chi connectivity index (χ0v) is 14.7. The number of allylic oxidation sites excluding steroid dienone is 2. The lowest BCUT2D eigenvalue weighted by Crippen LogP contribution is -2.36. The van der Waals surface area contributed by atoms with Crippen molar-refractivity contribution in [2.75, 3.05) is 13.1 Å². The van der Waals surface area contributed by atoms with Gasteiger partial charge in [-0.1, -0.05) is 38.2 Å². The number of nitrogens with zero attached hydrogens (tertiary/aromatic N) is 3. The fourth-order valence-corrected chi connectivity index (χ4v) is 4.51. The monoisotopic (exact) mass is 331 g/mol. The first-order valence-corrected chi connectivity index (χ1v) is 8.64. The summed E-state index contributed by atoms with van der Waals surface area (Å²) in [5, 5.41) is 0.645. The summed E-state index contributed by atoms with van der Waals surface area (Å²) in [4.78, 5) is 29.1. The molecule has 23 heavy (non-hydrogen) atoms. The summed E-state index contributed by atoms with van der Waals surface area (Å²) in [6.07, 6.45) is 8.15. The lowest BCUT2D eigenvalue weighted by atomic mass is 10.1. The largest absolute Gasteiger partial charge is 0.331 e. The predicted molar refractivity (Wildman–Crippen MR) is 96.1 cm³/mol. The molecule has 6 heteroatoms. The van der Waals surface area contributed by atoms with Crippen LogP contribution in [-0.2, 0) is 14.1 Å². The van der Waals surface area contributed by atoms with E-state index in [1.807, 2.05) is 18.2 Å². The Hall–Kier alpha value is -1.92. The summed E-state index contributed by atoms with van der Waals surface area (Å²) in [5.74, 6) is 0. The highest BCUT2D eigenvalue weighted by molar-refractivity contribution is 7.19. The zero-order valence-electron chi connectivity index (χ0n) is 13.9. The SMILES string of the molecule is CCN(CC)C1C=CC=Cc2c1sc1c2c(=O)n(C)c(=O)n1C. The maximum atomic E-state index is 12.7. The molecule has 1 aliphatic carbocycles. The minimum atomic E-state index is -0.280. The quantitative estimate of drug-likeness (QED) is 0.867. The molecule has 1 aliphatic rings. The Labute approximate surface area is 138 Å². The van der Waals surface area contributed by atoms with Crippen LogP contribution in [0, 0.1) is 0 Å². The molecule has 0 spiro atoms. The first kappa shape index (κ1) is 16.0. The minimum Gasteiger partial charge on any atom is -0.293 e. The summed E-state index contributed by atoms with van der Waals surface area (Å²) >= 11 is 1.55. The number of rotatable bonds is 3. The first-order chi connectivity index (χ1) is 11.0. The lowest BCUT2D eigenvalue weighted by Gasteiger charge is -2.26. The van der Waals surface area contributed by atoms with Crippen LogP contribution in [0.5, 0.6) is 0 Å². The highest BCUT2D eigenvalue weighted by Crippen LogP contribution is 2.38. The maximum absolute atomic E-state index is 12.7. The van der Waals surface area contributed by atoms with Crippen LogP contribution in [-0.4, -0.2) is 27.1 Å². The van der Waals surface area contributed by atoms with Gasteiger partial charge in [0.15, 0.2) is 0 Å². The number of hydrogen-bond acceptors (Lipinski definition) is 4. The molecular formula is C17H21N3O2S. The van der Waals surface area contributed by atoms with Crippen molar-refractivity contribution in [3.05, 3.63) is 49.5 Å². The van der Waals surface area contributed by atoms with Crippen LogP contribution in [0.4, 0.5) is 0 Å². The van der Waals surface area contributed by atoms with E-state index < -0.39 is 0 Å². The Morgan fingerprint density at radius 3 is 2.48 bits per heavy atom. The molecule has 0 aromatic carbocycles. The zero-order chi connectivity index (χ0) is 16.7. The topological polar surface area (TPSA) is 47.2 Å². The molecule has 3 rings (SSSR count). The Morgan fingerprint density at radius 1 is 1.13 bits per heavy atom. The van der Waals surface area contributed by atoms with Crippen LogP contribution in [0.25, 0.3) is 16.3 Å². The highest BCUT2D eigenvalue weighted by Gasteiger charge is 2.25. The molecule has 0 aliphatic heterocycles. The molecule has 0 radical (unpaired) electrons. The van der Waals surface area contributed by atoms with Crippen LogP contribution in [0.3, 0.4) is 0 Å². The Morgan fingerprint density at radius 2 is 1.83 bits per heavy atom. The van der Waals surface area contributed by atoms with Crippen molar-refractivity contribution in [2.24, 2.45) is 14.1 Å². The molecule has 2 aromatic heterocycles. The molecule has 122 valence electrons. The van der Waals surface area contributed by atoms with E-state index in [4.69, 9.17) is 0 Å². The molecule has 1 atom stereocenters. The number of likely N-dealkylation sites (N-methyl/N-ethyl adjacent to an activating group) is 1.